The molecule has 0 aliphatic heterocycles. The van der Waals surface area contributed by atoms with Crippen LogP contribution >= 0.6 is 34.5 Å². The average molecular weight is 396 g/mol. The molecule has 0 radical (unpaired) electrons. The van der Waals surface area contributed by atoms with Crippen molar-refractivity contribution in [2.24, 2.45) is 0 Å². The van der Waals surface area contributed by atoms with Crippen LogP contribution in [0, 0.1) is 6.92 Å². The number of benzene rings is 1. The number of thiophene rings is 1. The number of rotatable bonds is 4. The van der Waals surface area contributed by atoms with Crippen LogP contribution in [0.5, 0.6) is 0 Å². The van der Waals surface area contributed by atoms with Crippen molar-refractivity contribution >= 4 is 56.3 Å². The summed E-state index contributed by atoms with van der Waals surface area (Å²) in [5.74, 6) is -0.305. The van der Waals surface area contributed by atoms with Gasteiger partial charge in [-0.25, -0.2) is 4.98 Å². The van der Waals surface area contributed by atoms with Crippen molar-refractivity contribution in [3.63, 3.8) is 0 Å². The van der Waals surface area contributed by atoms with Crippen LogP contribution in [0.2, 0.25) is 10.0 Å². The van der Waals surface area contributed by atoms with E-state index in [0.717, 1.165) is 6.42 Å². The summed E-state index contributed by atoms with van der Waals surface area (Å²) in [5, 5.41) is 4.05. The van der Waals surface area contributed by atoms with Gasteiger partial charge in [0.25, 0.3) is 11.5 Å². The number of nitrogens with one attached hydrogen (secondary N) is 1. The Hall–Kier alpha value is -1.89. The van der Waals surface area contributed by atoms with E-state index in [-0.39, 0.29) is 11.5 Å². The lowest BCUT2D eigenvalue weighted by Crippen LogP contribution is -2.20. The molecule has 1 amide bonds. The zero-order valence-corrected chi connectivity index (χ0v) is 15.9. The fraction of sp³-hybridized carbons (Fsp3) is 0.235. The SMILES string of the molecule is CCCn1cnc2sc(C(=O)Nc3ccc(Cl)c(Cl)c3)c(C)c2c1=O. The molecule has 2 heterocycles. The Bertz CT molecular complexity index is 1030. The van der Waals surface area contributed by atoms with Crippen LogP contribution in [0.25, 0.3) is 10.2 Å². The van der Waals surface area contributed by atoms with Crippen LogP contribution in [0.4, 0.5) is 5.69 Å². The van der Waals surface area contributed by atoms with Gasteiger partial charge in [0.2, 0.25) is 0 Å². The third-order valence-electron chi connectivity index (χ3n) is 3.77. The highest BCUT2D eigenvalue weighted by Crippen LogP contribution is 2.29. The second-order valence-electron chi connectivity index (χ2n) is 5.56. The fourth-order valence-electron chi connectivity index (χ4n) is 2.54. The minimum Gasteiger partial charge on any atom is -0.321 e. The third kappa shape index (κ3) is 3.42. The molecule has 0 atom stereocenters. The molecule has 0 spiro atoms. The van der Waals surface area contributed by atoms with Crippen molar-refractivity contribution in [3.05, 3.63) is 55.4 Å². The Kier molecular flexibility index (Phi) is 5.13. The molecule has 0 saturated heterocycles. The van der Waals surface area contributed by atoms with Crippen LogP contribution in [-0.2, 0) is 6.54 Å². The molecule has 130 valence electrons. The molecule has 0 aliphatic carbocycles. The summed E-state index contributed by atoms with van der Waals surface area (Å²) in [5.41, 5.74) is 1.06. The van der Waals surface area contributed by atoms with Crippen LogP contribution in [0.15, 0.2) is 29.3 Å². The van der Waals surface area contributed by atoms with Crippen molar-refractivity contribution in [3.8, 4) is 0 Å². The van der Waals surface area contributed by atoms with Crippen LogP contribution in [-0.4, -0.2) is 15.5 Å². The maximum Gasteiger partial charge on any atom is 0.266 e. The molecule has 3 aromatic rings. The molecule has 8 heteroatoms. The first-order chi connectivity index (χ1) is 11.9. The summed E-state index contributed by atoms with van der Waals surface area (Å²) >= 11 is 13.1. The number of amides is 1. The Morgan fingerprint density at radius 2 is 2.08 bits per heavy atom. The van der Waals surface area contributed by atoms with E-state index in [1.807, 2.05) is 6.92 Å². The number of carbonyl (C=O) groups is 1. The smallest absolute Gasteiger partial charge is 0.266 e. The minimum absolute atomic E-state index is 0.116. The number of halogens is 2. The summed E-state index contributed by atoms with van der Waals surface area (Å²) < 4.78 is 1.57. The standard InChI is InChI=1S/C17H15Cl2N3O2S/c1-3-6-22-8-20-16-13(17(22)24)9(2)14(25-16)15(23)21-10-4-5-11(18)12(19)7-10/h4-5,7-8H,3,6H2,1-2H3,(H,21,23). The van der Waals surface area contributed by atoms with Crippen molar-refractivity contribution in [2.75, 3.05) is 5.32 Å². The molecule has 0 aliphatic rings. The van der Waals surface area contributed by atoms with Crippen LogP contribution < -0.4 is 10.9 Å². The predicted octanol–water partition coefficient (Wildman–Crippen LogP) is 4.74. The average Bonchev–Trinajstić information content (AvgIpc) is 2.91. The minimum atomic E-state index is -0.305. The van der Waals surface area contributed by atoms with Gasteiger partial charge in [0, 0.05) is 12.2 Å². The van der Waals surface area contributed by atoms with Gasteiger partial charge in [-0.15, -0.1) is 11.3 Å². The number of aryl methyl sites for hydroxylation is 2. The van der Waals surface area contributed by atoms with Gasteiger partial charge < -0.3 is 5.32 Å². The van der Waals surface area contributed by atoms with E-state index < -0.39 is 0 Å². The lowest BCUT2D eigenvalue weighted by Gasteiger charge is -2.05. The highest BCUT2D eigenvalue weighted by atomic mass is 35.5. The lowest BCUT2D eigenvalue weighted by atomic mass is 10.2. The van der Waals surface area contributed by atoms with E-state index in [2.05, 4.69) is 10.3 Å². The topological polar surface area (TPSA) is 64.0 Å². The van der Waals surface area contributed by atoms with E-state index >= 15 is 0 Å². The summed E-state index contributed by atoms with van der Waals surface area (Å²) in [6.45, 7) is 4.36. The molecule has 1 aromatic carbocycles. The molecular weight excluding hydrogens is 381 g/mol. The lowest BCUT2D eigenvalue weighted by molar-refractivity contribution is 0.103. The highest BCUT2D eigenvalue weighted by Gasteiger charge is 2.19. The molecule has 2 aromatic heterocycles. The molecule has 1 N–H and O–H groups in total. The van der Waals surface area contributed by atoms with Gasteiger partial charge in [-0.3, -0.25) is 14.2 Å². The molecule has 0 fully saturated rings. The summed E-state index contributed by atoms with van der Waals surface area (Å²) in [7, 11) is 0. The van der Waals surface area contributed by atoms with Gasteiger partial charge in [0.1, 0.15) is 4.83 Å². The van der Waals surface area contributed by atoms with Crippen molar-refractivity contribution in [2.45, 2.75) is 26.8 Å². The van der Waals surface area contributed by atoms with Gasteiger partial charge in [0.15, 0.2) is 0 Å². The molecule has 5 nitrogen and oxygen atoms in total. The Labute approximate surface area is 158 Å². The Morgan fingerprint density at radius 3 is 2.76 bits per heavy atom. The largest absolute Gasteiger partial charge is 0.321 e. The normalized spacial score (nSPS) is 11.0. The maximum atomic E-state index is 12.6. The Morgan fingerprint density at radius 1 is 1.32 bits per heavy atom. The summed E-state index contributed by atoms with van der Waals surface area (Å²) in [4.78, 5) is 30.5. The van der Waals surface area contributed by atoms with E-state index in [0.29, 0.717) is 42.9 Å². The number of aromatic nitrogens is 2. The van der Waals surface area contributed by atoms with E-state index in [1.165, 1.54) is 17.7 Å². The van der Waals surface area contributed by atoms with Crippen LogP contribution in [0.1, 0.15) is 28.6 Å². The summed E-state index contributed by atoms with van der Waals surface area (Å²) in [6, 6.07) is 4.86. The first-order valence-corrected chi connectivity index (χ1v) is 9.24. The van der Waals surface area contributed by atoms with Crippen molar-refractivity contribution < 1.29 is 4.79 Å². The quantitative estimate of drug-likeness (QED) is 0.693. The molecule has 25 heavy (non-hydrogen) atoms. The number of hydrogen-bond acceptors (Lipinski definition) is 4. The van der Waals surface area contributed by atoms with E-state index in [9.17, 15) is 9.59 Å². The molecule has 3 rings (SSSR count). The number of nitrogens with zero attached hydrogens (tertiary/aromatic N) is 2. The zero-order chi connectivity index (χ0) is 18.1. The first kappa shape index (κ1) is 17.9. The van der Waals surface area contributed by atoms with Gasteiger partial charge >= 0.3 is 0 Å². The van der Waals surface area contributed by atoms with Gasteiger partial charge in [0.05, 0.1) is 26.6 Å². The number of hydrogen-bond donors (Lipinski definition) is 1. The fourth-order valence-corrected chi connectivity index (χ4v) is 3.87. The van der Waals surface area contributed by atoms with Gasteiger partial charge in [-0.05, 0) is 37.1 Å². The predicted molar refractivity (Wildman–Crippen MR) is 103 cm³/mol. The highest BCUT2D eigenvalue weighted by molar-refractivity contribution is 7.20. The third-order valence-corrected chi connectivity index (χ3v) is 5.70. The van der Waals surface area contributed by atoms with E-state index in [4.69, 9.17) is 23.2 Å². The monoisotopic (exact) mass is 395 g/mol. The van der Waals surface area contributed by atoms with Crippen molar-refractivity contribution in [1.29, 1.82) is 0 Å². The van der Waals surface area contributed by atoms with E-state index in [1.54, 1.807) is 29.7 Å². The molecule has 0 unspecified atom stereocenters. The van der Waals surface area contributed by atoms with Gasteiger partial charge in [-0.2, -0.15) is 0 Å². The molecule has 0 bridgehead atoms. The molecule has 0 saturated carbocycles. The van der Waals surface area contributed by atoms with Crippen molar-refractivity contribution in [1.82, 2.24) is 9.55 Å². The number of carbonyl (C=O) groups excluding carboxylic acids is 1. The number of anilines is 1. The van der Waals surface area contributed by atoms with Crippen LogP contribution in [0.3, 0.4) is 0 Å². The second-order valence-corrected chi connectivity index (χ2v) is 7.38. The van der Waals surface area contributed by atoms with Gasteiger partial charge in [-0.1, -0.05) is 30.1 Å². The zero-order valence-electron chi connectivity index (χ0n) is 13.6. The maximum absolute atomic E-state index is 12.6. The number of fused-ring (bicyclic) bond motifs is 1. The molecular formula is C17H15Cl2N3O2S. The second kappa shape index (κ2) is 7.15. The summed E-state index contributed by atoms with van der Waals surface area (Å²) in [6.07, 6.45) is 2.37. The first-order valence-electron chi connectivity index (χ1n) is 7.67. The Balaban J connectivity index is 1.99.